The van der Waals surface area contributed by atoms with Crippen LogP contribution in [0, 0.1) is 70.8 Å². The van der Waals surface area contributed by atoms with E-state index in [-0.39, 0.29) is 0 Å². The predicted octanol–water partition coefficient (Wildman–Crippen LogP) is -1.35. The molecule has 0 fully saturated rings. The minimum atomic E-state index is -4.55. The van der Waals surface area contributed by atoms with Crippen molar-refractivity contribution in [2.75, 3.05) is 13.2 Å². The van der Waals surface area contributed by atoms with Crippen LogP contribution in [0.4, 0.5) is 0 Å². The highest BCUT2D eigenvalue weighted by molar-refractivity contribution is 4.91. The van der Waals surface area contributed by atoms with E-state index in [1.165, 1.54) is 0 Å². The summed E-state index contributed by atoms with van der Waals surface area (Å²) in [5.74, 6) is -4.55. The molecule has 180 valence electrons. The lowest BCUT2D eigenvalue weighted by atomic mass is 9.84. The fraction of sp³-hybridized carbons (Fsp3) is 1.00. The van der Waals surface area contributed by atoms with Gasteiger partial charge in [0, 0.05) is 11.3 Å². The van der Waals surface area contributed by atoms with Crippen molar-refractivity contribution in [2.24, 2.45) is 0 Å². The quantitative estimate of drug-likeness (QED) is 0.133. The summed E-state index contributed by atoms with van der Waals surface area (Å²) < 4.78 is 0. The SMILES string of the molecule is O=[N+]([O-])CCC(CC([N+](=O)[O-])([N+](=O)[O-])[N+](=O)[O-])(O[N+](=O)[O-])C(CCO[N+](=O)[O-])O[N+](=O)[O-]. The Balaban J connectivity index is 6.84. The Kier molecular flexibility index (Phi) is 9.20. The molecule has 2 unspecified atom stereocenters. The van der Waals surface area contributed by atoms with Gasteiger partial charge in [-0.15, -0.1) is 30.3 Å². The van der Waals surface area contributed by atoms with Gasteiger partial charge >= 0.3 is 5.79 Å². The summed E-state index contributed by atoms with van der Waals surface area (Å²) >= 11 is 0. The molecule has 0 heterocycles. The summed E-state index contributed by atoms with van der Waals surface area (Å²) in [4.78, 5) is 80.7. The van der Waals surface area contributed by atoms with Crippen LogP contribution in [0.2, 0.25) is 0 Å². The lowest BCUT2D eigenvalue weighted by molar-refractivity contribution is -0.974. The van der Waals surface area contributed by atoms with Gasteiger partial charge in [-0.3, -0.25) is 40.5 Å². The lowest BCUT2D eigenvalue weighted by Gasteiger charge is -2.34. The molecule has 0 aliphatic rings. The third-order valence-corrected chi connectivity index (χ3v) is 3.76. The standard InChI is InChI=1S/C8H11N7O17/c16-9(17)3-2-7(32-15(28)29,5-8(10(18)19,11(20)21)12(22)23)6(31-14(26)27)1-4-30-13(24)25/h6H,1-5H2. The Morgan fingerprint density at radius 1 is 0.719 bits per heavy atom. The first kappa shape index (κ1) is 27.2. The third kappa shape index (κ3) is 6.91. The number of hydrogen-bond acceptors (Lipinski definition) is 17. The van der Waals surface area contributed by atoms with E-state index in [1.54, 1.807) is 0 Å². The molecule has 0 aromatic carbocycles. The topological polar surface area (TPSA) is 330 Å². The van der Waals surface area contributed by atoms with Crippen molar-refractivity contribution in [3.63, 3.8) is 0 Å². The molecule has 0 rings (SSSR count). The molecule has 0 saturated carbocycles. The van der Waals surface area contributed by atoms with Crippen LogP contribution in [0.1, 0.15) is 19.3 Å². The second-order valence-corrected chi connectivity index (χ2v) is 5.57. The first-order chi connectivity index (χ1) is 14.6. The number of hydrogen-bond donors (Lipinski definition) is 0. The van der Waals surface area contributed by atoms with E-state index >= 15 is 0 Å². The number of nitrogens with zero attached hydrogens (tertiary/aromatic N) is 7. The fourth-order valence-corrected chi connectivity index (χ4v) is 2.47. The van der Waals surface area contributed by atoms with Crippen molar-refractivity contribution >= 4 is 0 Å². The van der Waals surface area contributed by atoms with Crippen molar-refractivity contribution < 1.29 is 49.5 Å². The van der Waals surface area contributed by atoms with E-state index in [4.69, 9.17) is 0 Å². The molecular weight excluding hydrogens is 466 g/mol. The Hall–Kier alpha value is -4.80. The molecule has 0 radical (unpaired) electrons. The monoisotopic (exact) mass is 477 g/mol. The van der Waals surface area contributed by atoms with Gasteiger partial charge in [0.1, 0.15) is 6.10 Å². The summed E-state index contributed by atoms with van der Waals surface area (Å²) in [6.45, 7) is -2.67. The van der Waals surface area contributed by atoms with Crippen LogP contribution in [-0.2, 0) is 14.5 Å². The van der Waals surface area contributed by atoms with Gasteiger partial charge in [0.25, 0.3) is 15.3 Å². The van der Waals surface area contributed by atoms with Gasteiger partial charge in [-0.2, -0.15) is 0 Å². The van der Waals surface area contributed by atoms with Crippen LogP contribution in [-0.4, -0.2) is 65.6 Å². The summed E-state index contributed by atoms with van der Waals surface area (Å²) in [6, 6.07) is 0. The highest BCUT2D eigenvalue weighted by Gasteiger charge is 2.75. The minimum absolute atomic E-state index is 1.20. The molecule has 2 atom stereocenters. The minimum Gasteiger partial charge on any atom is -0.314 e. The second-order valence-electron chi connectivity index (χ2n) is 5.57. The summed E-state index contributed by atoms with van der Waals surface area (Å²) in [6.07, 6.45) is -7.66. The van der Waals surface area contributed by atoms with Crippen molar-refractivity contribution in [2.45, 2.75) is 36.8 Å². The molecule has 0 aromatic heterocycles. The third-order valence-electron chi connectivity index (χ3n) is 3.76. The predicted molar refractivity (Wildman–Crippen MR) is 85.1 cm³/mol. The Bertz CT molecular complexity index is 764. The molecule has 0 spiro atoms. The van der Waals surface area contributed by atoms with Gasteiger partial charge in [0.2, 0.25) is 13.0 Å². The van der Waals surface area contributed by atoms with E-state index in [2.05, 4.69) is 14.5 Å². The van der Waals surface area contributed by atoms with Crippen molar-refractivity contribution in [1.82, 2.24) is 0 Å². The molecule has 32 heavy (non-hydrogen) atoms. The lowest BCUT2D eigenvalue weighted by Crippen LogP contribution is -2.62. The Morgan fingerprint density at radius 2 is 1.22 bits per heavy atom. The van der Waals surface area contributed by atoms with Gasteiger partial charge in [-0.1, -0.05) is 0 Å². The van der Waals surface area contributed by atoms with Crippen LogP contribution < -0.4 is 0 Å². The van der Waals surface area contributed by atoms with Crippen LogP contribution in [0.15, 0.2) is 0 Å². The molecule has 0 saturated heterocycles. The second kappa shape index (κ2) is 10.8. The molecule has 24 nitrogen and oxygen atoms in total. The average Bonchev–Trinajstić information content (AvgIpc) is 2.61. The van der Waals surface area contributed by atoms with Gasteiger partial charge in [0.15, 0.2) is 20.4 Å². The zero-order valence-electron chi connectivity index (χ0n) is 15.2. The van der Waals surface area contributed by atoms with E-state index in [9.17, 15) is 70.8 Å². The maximum Gasteiger partial charge on any atom is 0.702 e. The average molecular weight is 477 g/mol. The van der Waals surface area contributed by atoms with Crippen molar-refractivity contribution in [3.05, 3.63) is 70.8 Å². The van der Waals surface area contributed by atoms with Crippen LogP contribution in [0.5, 0.6) is 0 Å². The van der Waals surface area contributed by atoms with E-state index in [0.29, 0.717) is 0 Å². The van der Waals surface area contributed by atoms with Crippen LogP contribution >= 0.6 is 0 Å². The number of rotatable bonds is 17. The first-order valence-electron chi connectivity index (χ1n) is 7.58. The molecule has 0 aliphatic carbocycles. The number of nitro groups is 4. The van der Waals surface area contributed by atoms with Gasteiger partial charge < -0.3 is 14.5 Å². The molecule has 0 amide bonds. The largest absolute Gasteiger partial charge is 0.702 e. The molecule has 0 aliphatic heterocycles. The maximum absolute atomic E-state index is 11.2. The molecule has 0 bridgehead atoms. The normalized spacial score (nSPS) is 13.6. The summed E-state index contributed by atoms with van der Waals surface area (Å²) in [5, 5.41) is 71.4. The van der Waals surface area contributed by atoms with Crippen molar-refractivity contribution in [3.8, 4) is 0 Å². The molecular formula is C8H11N7O17. The molecule has 0 N–H and O–H groups in total. The highest BCUT2D eigenvalue weighted by Crippen LogP contribution is 2.37. The van der Waals surface area contributed by atoms with E-state index in [1.807, 2.05) is 0 Å². The van der Waals surface area contributed by atoms with Gasteiger partial charge in [-0.25, -0.2) is 0 Å². The Morgan fingerprint density at radius 3 is 1.56 bits per heavy atom. The molecule has 0 aromatic rings. The van der Waals surface area contributed by atoms with E-state index in [0.717, 1.165) is 0 Å². The fourth-order valence-electron chi connectivity index (χ4n) is 2.47. The highest BCUT2D eigenvalue weighted by atomic mass is 17.0. The van der Waals surface area contributed by atoms with Crippen molar-refractivity contribution in [1.29, 1.82) is 0 Å². The van der Waals surface area contributed by atoms with Crippen LogP contribution in [0.3, 0.4) is 0 Å². The summed E-state index contributed by atoms with van der Waals surface area (Å²) in [5.41, 5.74) is -3.46. The molecule has 24 heteroatoms. The summed E-state index contributed by atoms with van der Waals surface area (Å²) in [7, 11) is 0. The van der Waals surface area contributed by atoms with Crippen LogP contribution in [0.25, 0.3) is 0 Å². The maximum atomic E-state index is 11.2. The Labute approximate surface area is 171 Å². The zero-order chi connectivity index (χ0) is 25.3. The van der Waals surface area contributed by atoms with E-state index < -0.39 is 84.9 Å². The zero-order valence-corrected chi connectivity index (χ0v) is 15.2. The smallest absolute Gasteiger partial charge is 0.314 e. The van der Waals surface area contributed by atoms with Gasteiger partial charge in [-0.05, 0) is 6.42 Å². The first-order valence-corrected chi connectivity index (χ1v) is 7.58. The van der Waals surface area contributed by atoms with Gasteiger partial charge in [0.05, 0.1) is 6.61 Å².